The maximum Gasteiger partial charge on any atom is 0.238 e. The van der Waals surface area contributed by atoms with Crippen LogP contribution >= 0.6 is 11.8 Å². The molecule has 1 aromatic carbocycles. The lowest BCUT2D eigenvalue weighted by atomic mass is 10.2. The molecule has 0 spiro atoms. The maximum absolute atomic E-state index is 12.9. The average molecular weight is 283 g/mol. The molecule has 1 atom stereocenters. The van der Waals surface area contributed by atoms with Crippen molar-refractivity contribution < 1.29 is 9.18 Å². The SMILES string of the molecule is CC1CN(CC(=O)Nc2ccc(F)cc2N)CCS1. The molecule has 1 aromatic rings. The number of nitrogen functional groups attached to an aromatic ring is 1. The number of benzene rings is 1. The molecular formula is C13H18FN3OS. The molecule has 1 aliphatic heterocycles. The number of halogens is 1. The lowest BCUT2D eigenvalue weighted by molar-refractivity contribution is -0.117. The zero-order valence-corrected chi connectivity index (χ0v) is 11.7. The minimum atomic E-state index is -0.405. The van der Waals surface area contributed by atoms with Crippen molar-refractivity contribution in [2.45, 2.75) is 12.2 Å². The largest absolute Gasteiger partial charge is 0.397 e. The Kier molecular flexibility index (Phi) is 4.66. The smallest absolute Gasteiger partial charge is 0.238 e. The predicted octanol–water partition coefficient (Wildman–Crippen LogP) is 1.78. The van der Waals surface area contributed by atoms with Gasteiger partial charge in [0.15, 0.2) is 0 Å². The van der Waals surface area contributed by atoms with Gasteiger partial charge in [-0.05, 0) is 18.2 Å². The van der Waals surface area contributed by atoms with Gasteiger partial charge in [0.25, 0.3) is 0 Å². The third-order valence-corrected chi connectivity index (χ3v) is 4.12. The molecule has 1 heterocycles. The first kappa shape index (κ1) is 14.1. The van der Waals surface area contributed by atoms with Crippen molar-refractivity contribution in [1.29, 1.82) is 0 Å². The van der Waals surface area contributed by atoms with Gasteiger partial charge in [-0.2, -0.15) is 11.8 Å². The number of nitrogens with zero attached hydrogens (tertiary/aromatic N) is 1. The van der Waals surface area contributed by atoms with Crippen molar-refractivity contribution in [3.63, 3.8) is 0 Å². The quantitative estimate of drug-likeness (QED) is 0.830. The van der Waals surface area contributed by atoms with Crippen LogP contribution in [0.2, 0.25) is 0 Å². The lowest BCUT2D eigenvalue weighted by Crippen LogP contribution is -2.41. The van der Waals surface area contributed by atoms with Gasteiger partial charge in [-0.3, -0.25) is 9.69 Å². The third kappa shape index (κ3) is 4.11. The standard InChI is InChI=1S/C13H18FN3OS/c1-9-7-17(4-5-19-9)8-13(18)16-12-3-2-10(14)6-11(12)15/h2-3,6,9H,4-5,7-8,15H2,1H3,(H,16,18). The first-order chi connectivity index (χ1) is 9.04. The van der Waals surface area contributed by atoms with Crippen LogP contribution in [0.25, 0.3) is 0 Å². The zero-order chi connectivity index (χ0) is 13.8. The Hall–Kier alpha value is -1.27. The van der Waals surface area contributed by atoms with Gasteiger partial charge < -0.3 is 11.1 Å². The molecule has 3 N–H and O–H groups in total. The third-order valence-electron chi connectivity index (χ3n) is 2.98. The molecule has 104 valence electrons. The summed E-state index contributed by atoms with van der Waals surface area (Å²) in [5.41, 5.74) is 6.36. The van der Waals surface area contributed by atoms with Crippen molar-refractivity contribution in [3.8, 4) is 0 Å². The molecule has 0 saturated carbocycles. The number of anilines is 2. The van der Waals surface area contributed by atoms with Crippen LogP contribution < -0.4 is 11.1 Å². The highest BCUT2D eigenvalue weighted by Crippen LogP contribution is 2.20. The summed E-state index contributed by atoms with van der Waals surface area (Å²) in [6.07, 6.45) is 0. The molecular weight excluding hydrogens is 265 g/mol. The summed E-state index contributed by atoms with van der Waals surface area (Å²) in [7, 11) is 0. The summed E-state index contributed by atoms with van der Waals surface area (Å²) in [5.74, 6) is 0.530. The van der Waals surface area contributed by atoms with Crippen molar-refractivity contribution in [2.75, 3.05) is 36.4 Å². The fourth-order valence-corrected chi connectivity index (χ4v) is 3.16. The van der Waals surface area contributed by atoms with Crippen LogP contribution in [0.5, 0.6) is 0 Å². The first-order valence-electron chi connectivity index (χ1n) is 6.23. The van der Waals surface area contributed by atoms with Crippen LogP contribution in [0.15, 0.2) is 18.2 Å². The van der Waals surface area contributed by atoms with Crippen molar-refractivity contribution in [3.05, 3.63) is 24.0 Å². The second-order valence-corrected chi connectivity index (χ2v) is 6.24. The van der Waals surface area contributed by atoms with E-state index in [0.717, 1.165) is 18.8 Å². The molecule has 1 unspecified atom stereocenters. The van der Waals surface area contributed by atoms with Crippen LogP contribution in [0, 0.1) is 5.82 Å². The Labute approximate surface area is 116 Å². The van der Waals surface area contributed by atoms with E-state index in [1.807, 2.05) is 11.8 Å². The number of amides is 1. The second-order valence-electron chi connectivity index (χ2n) is 4.70. The van der Waals surface area contributed by atoms with Crippen LogP contribution in [0.1, 0.15) is 6.92 Å². The molecule has 1 aliphatic rings. The Bertz CT molecular complexity index is 469. The van der Waals surface area contributed by atoms with E-state index in [9.17, 15) is 9.18 Å². The van der Waals surface area contributed by atoms with Crippen LogP contribution in [0.4, 0.5) is 15.8 Å². The minimum absolute atomic E-state index is 0.114. The maximum atomic E-state index is 12.9. The number of rotatable bonds is 3. The predicted molar refractivity (Wildman–Crippen MR) is 77.8 cm³/mol. The normalized spacial score (nSPS) is 20.2. The second kappa shape index (κ2) is 6.25. The van der Waals surface area contributed by atoms with Gasteiger partial charge in [0.05, 0.1) is 17.9 Å². The van der Waals surface area contributed by atoms with E-state index in [-0.39, 0.29) is 11.6 Å². The molecule has 0 radical (unpaired) electrons. The summed E-state index contributed by atoms with van der Waals surface area (Å²) < 4.78 is 12.9. The van der Waals surface area contributed by atoms with E-state index in [1.54, 1.807) is 0 Å². The number of carbonyl (C=O) groups excluding carboxylic acids is 1. The van der Waals surface area contributed by atoms with Crippen LogP contribution in [-0.2, 0) is 4.79 Å². The average Bonchev–Trinajstić information content (AvgIpc) is 2.33. The van der Waals surface area contributed by atoms with Crippen molar-refractivity contribution >= 4 is 29.0 Å². The molecule has 6 heteroatoms. The van der Waals surface area contributed by atoms with Crippen LogP contribution in [-0.4, -0.2) is 41.4 Å². The Morgan fingerprint density at radius 3 is 3.11 bits per heavy atom. The highest BCUT2D eigenvalue weighted by atomic mass is 32.2. The number of hydrogen-bond donors (Lipinski definition) is 2. The van der Waals surface area contributed by atoms with E-state index < -0.39 is 5.82 Å². The van der Waals surface area contributed by atoms with Crippen molar-refractivity contribution in [1.82, 2.24) is 4.90 Å². The van der Waals surface area contributed by atoms with E-state index in [2.05, 4.69) is 17.1 Å². The van der Waals surface area contributed by atoms with Crippen molar-refractivity contribution in [2.24, 2.45) is 0 Å². The van der Waals surface area contributed by atoms with Gasteiger partial charge in [0.2, 0.25) is 5.91 Å². The number of carbonyl (C=O) groups is 1. The fourth-order valence-electron chi connectivity index (χ4n) is 2.07. The van der Waals surface area contributed by atoms with Gasteiger partial charge in [-0.1, -0.05) is 6.92 Å². The Balaban J connectivity index is 1.90. The van der Waals surface area contributed by atoms with E-state index >= 15 is 0 Å². The summed E-state index contributed by atoms with van der Waals surface area (Å²) in [6, 6.07) is 3.97. The first-order valence-corrected chi connectivity index (χ1v) is 7.28. The molecule has 0 bridgehead atoms. The topological polar surface area (TPSA) is 58.4 Å². The summed E-state index contributed by atoms with van der Waals surface area (Å²) in [6.45, 7) is 4.34. The minimum Gasteiger partial charge on any atom is -0.397 e. The van der Waals surface area contributed by atoms with Gasteiger partial charge in [0, 0.05) is 24.1 Å². The van der Waals surface area contributed by atoms with E-state index in [1.165, 1.54) is 18.2 Å². The molecule has 2 rings (SSSR count). The van der Waals surface area contributed by atoms with Crippen LogP contribution in [0.3, 0.4) is 0 Å². The van der Waals surface area contributed by atoms with Gasteiger partial charge in [-0.25, -0.2) is 4.39 Å². The zero-order valence-electron chi connectivity index (χ0n) is 10.9. The number of hydrogen-bond acceptors (Lipinski definition) is 4. The highest BCUT2D eigenvalue weighted by Gasteiger charge is 2.19. The summed E-state index contributed by atoms with van der Waals surface area (Å²) in [5, 5.41) is 3.27. The molecule has 0 aromatic heterocycles. The molecule has 4 nitrogen and oxygen atoms in total. The molecule has 0 aliphatic carbocycles. The van der Waals surface area contributed by atoms with E-state index in [4.69, 9.17) is 5.73 Å². The van der Waals surface area contributed by atoms with Gasteiger partial charge >= 0.3 is 0 Å². The Morgan fingerprint density at radius 1 is 1.63 bits per heavy atom. The number of thioether (sulfide) groups is 1. The lowest BCUT2D eigenvalue weighted by Gasteiger charge is -2.29. The van der Waals surface area contributed by atoms with E-state index in [0.29, 0.717) is 17.5 Å². The Morgan fingerprint density at radius 2 is 2.42 bits per heavy atom. The highest BCUT2D eigenvalue weighted by molar-refractivity contribution is 7.99. The van der Waals surface area contributed by atoms with Gasteiger partial charge in [-0.15, -0.1) is 0 Å². The fraction of sp³-hybridized carbons (Fsp3) is 0.462. The molecule has 1 amide bonds. The molecule has 1 saturated heterocycles. The van der Waals surface area contributed by atoms with Gasteiger partial charge in [0.1, 0.15) is 5.82 Å². The number of nitrogens with one attached hydrogen (secondary N) is 1. The monoisotopic (exact) mass is 283 g/mol. The summed E-state index contributed by atoms with van der Waals surface area (Å²) in [4.78, 5) is 14.0. The molecule has 1 fully saturated rings. The summed E-state index contributed by atoms with van der Waals surface area (Å²) >= 11 is 1.92. The number of nitrogens with two attached hydrogens (primary N) is 1. The molecule has 19 heavy (non-hydrogen) atoms.